The van der Waals surface area contributed by atoms with E-state index >= 15 is 0 Å². The molecule has 0 aliphatic rings. The van der Waals surface area contributed by atoms with Crippen molar-refractivity contribution in [2.75, 3.05) is 19.0 Å². The van der Waals surface area contributed by atoms with Gasteiger partial charge in [0.1, 0.15) is 6.61 Å². The zero-order chi connectivity index (χ0) is 19.8. The molecule has 1 aromatic heterocycles. The van der Waals surface area contributed by atoms with E-state index in [0.29, 0.717) is 10.9 Å². The van der Waals surface area contributed by atoms with Crippen LogP contribution in [0.25, 0.3) is 10.9 Å². The first kappa shape index (κ1) is 20.3. The van der Waals surface area contributed by atoms with Crippen LogP contribution in [0.5, 0.6) is 11.5 Å². The molecular weight excluding hydrogens is 344 g/mol. The second-order valence-corrected chi connectivity index (χ2v) is 6.52. The summed E-state index contributed by atoms with van der Waals surface area (Å²) in [6.45, 7) is 6.70. The van der Waals surface area contributed by atoms with Crippen LogP contribution in [0.1, 0.15) is 33.6 Å². The second-order valence-electron chi connectivity index (χ2n) is 6.52. The SMILES string of the molecule is CNc1ccc2c(OCC=C(C)CCC=C(C)C)c(OC=O)c(=O)[nH]c2c1. The van der Waals surface area contributed by atoms with Gasteiger partial charge in [0.2, 0.25) is 5.75 Å². The average molecular weight is 370 g/mol. The molecule has 2 aromatic rings. The number of aromatic nitrogens is 1. The lowest BCUT2D eigenvalue weighted by Crippen LogP contribution is -2.13. The van der Waals surface area contributed by atoms with Gasteiger partial charge < -0.3 is 19.8 Å². The summed E-state index contributed by atoms with van der Waals surface area (Å²) in [6.07, 6.45) is 6.08. The topological polar surface area (TPSA) is 80.4 Å². The monoisotopic (exact) mass is 370 g/mol. The van der Waals surface area contributed by atoms with Crippen molar-refractivity contribution < 1.29 is 14.3 Å². The summed E-state index contributed by atoms with van der Waals surface area (Å²) < 4.78 is 10.7. The molecular formula is C21H26N2O4. The highest BCUT2D eigenvalue weighted by atomic mass is 16.5. The standard InChI is InChI=1S/C21H26N2O4/c1-14(2)6-5-7-15(3)10-11-26-19-17-9-8-16(22-4)12-18(17)23-21(25)20(19)27-13-24/h6,8-10,12-13,22H,5,7,11H2,1-4H3,(H,23,25). The molecule has 0 spiro atoms. The molecule has 1 aromatic carbocycles. The number of nitrogens with one attached hydrogen (secondary N) is 2. The number of benzene rings is 1. The number of pyridine rings is 1. The predicted octanol–water partition coefficient (Wildman–Crippen LogP) is 4.18. The van der Waals surface area contributed by atoms with Gasteiger partial charge in [0.15, 0.2) is 5.75 Å². The highest BCUT2D eigenvalue weighted by Crippen LogP contribution is 2.32. The lowest BCUT2D eigenvalue weighted by atomic mass is 10.1. The normalized spacial score (nSPS) is 11.2. The van der Waals surface area contributed by atoms with Crippen LogP contribution >= 0.6 is 0 Å². The lowest BCUT2D eigenvalue weighted by molar-refractivity contribution is -0.120. The fraction of sp³-hybridized carbons (Fsp3) is 0.333. The quantitative estimate of drug-likeness (QED) is 0.511. The first-order valence-electron chi connectivity index (χ1n) is 8.86. The van der Waals surface area contributed by atoms with Crippen molar-refractivity contribution in [2.45, 2.75) is 33.6 Å². The van der Waals surface area contributed by atoms with Gasteiger partial charge >= 0.3 is 0 Å². The number of fused-ring (bicyclic) bond motifs is 1. The van der Waals surface area contributed by atoms with E-state index in [1.165, 1.54) is 11.1 Å². The van der Waals surface area contributed by atoms with E-state index in [1.54, 1.807) is 13.1 Å². The summed E-state index contributed by atoms with van der Waals surface area (Å²) in [5, 5.41) is 3.69. The maximum atomic E-state index is 12.3. The summed E-state index contributed by atoms with van der Waals surface area (Å²) in [6, 6.07) is 5.48. The Morgan fingerprint density at radius 3 is 2.63 bits per heavy atom. The predicted molar refractivity (Wildman–Crippen MR) is 109 cm³/mol. The largest absolute Gasteiger partial charge is 0.485 e. The van der Waals surface area contributed by atoms with Gasteiger partial charge in [0.05, 0.1) is 5.52 Å². The van der Waals surface area contributed by atoms with Crippen molar-refractivity contribution in [3.63, 3.8) is 0 Å². The molecule has 2 N–H and O–H groups in total. The number of anilines is 1. The van der Waals surface area contributed by atoms with E-state index in [9.17, 15) is 9.59 Å². The van der Waals surface area contributed by atoms with E-state index in [2.05, 4.69) is 30.2 Å². The Bertz CT molecular complexity index is 922. The third-order valence-corrected chi connectivity index (χ3v) is 4.13. The van der Waals surface area contributed by atoms with Gasteiger partial charge in [0.25, 0.3) is 12.0 Å². The Hall–Kier alpha value is -3.02. The Labute approximate surface area is 158 Å². The number of H-pyrrole nitrogens is 1. The number of ether oxygens (including phenoxy) is 2. The van der Waals surface area contributed by atoms with Crippen molar-refractivity contribution in [3.8, 4) is 11.5 Å². The molecule has 0 bridgehead atoms. The number of allylic oxidation sites excluding steroid dienone is 3. The van der Waals surface area contributed by atoms with Crippen molar-refractivity contribution in [1.82, 2.24) is 4.98 Å². The molecule has 0 atom stereocenters. The van der Waals surface area contributed by atoms with Crippen molar-refractivity contribution in [3.05, 3.63) is 51.9 Å². The molecule has 2 rings (SSSR count). The Kier molecular flexibility index (Phi) is 7.23. The molecule has 0 aliphatic carbocycles. The fourth-order valence-corrected chi connectivity index (χ4v) is 2.66. The first-order valence-corrected chi connectivity index (χ1v) is 8.86. The summed E-state index contributed by atoms with van der Waals surface area (Å²) in [5.74, 6) is 0.127. The van der Waals surface area contributed by atoms with Crippen LogP contribution in [-0.4, -0.2) is 25.1 Å². The lowest BCUT2D eigenvalue weighted by Gasteiger charge is -2.12. The van der Waals surface area contributed by atoms with Crippen molar-refractivity contribution in [1.29, 1.82) is 0 Å². The van der Waals surface area contributed by atoms with Crippen molar-refractivity contribution >= 4 is 23.1 Å². The molecule has 0 amide bonds. The molecule has 0 saturated carbocycles. The Morgan fingerprint density at radius 1 is 1.19 bits per heavy atom. The van der Waals surface area contributed by atoms with Crippen LogP contribution in [0.3, 0.4) is 0 Å². The van der Waals surface area contributed by atoms with Gasteiger partial charge in [-0.2, -0.15) is 0 Å². The second kappa shape index (κ2) is 9.62. The third kappa shape index (κ3) is 5.48. The number of hydrogen-bond donors (Lipinski definition) is 2. The number of hydrogen-bond acceptors (Lipinski definition) is 5. The van der Waals surface area contributed by atoms with Crippen LogP contribution in [-0.2, 0) is 4.79 Å². The van der Waals surface area contributed by atoms with Crippen LogP contribution in [0.4, 0.5) is 5.69 Å². The van der Waals surface area contributed by atoms with Gasteiger partial charge in [-0.15, -0.1) is 0 Å². The van der Waals surface area contributed by atoms with E-state index in [4.69, 9.17) is 9.47 Å². The minimum atomic E-state index is -0.512. The highest BCUT2D eigenvalue weighted by Gasteiger charge is 2.16. The highest BCUT2D eigenvalue weighted by molar-refractivity contribution is 5.90. The van der Waals surface area contributed by atoms with Gasteiger partial charge in [-0.3, -0.25) is 9.59 Å². The average Bonchev–Trinajstić information content (AvgIpc) is 2.63. The first-order chi connectivity index (χ1) is 13.0. The maximum absolute atomic E-state index is 12.3. The summed E-state index contributed by atoms with van der Waals surface area (Å²) in [7, 11) is 1.79. The van der Waals surface area contributed by atoms with Gasteiger partial charge in [-0.25, -0.2) is 0 Å². The zero-order valence-electron chi connectivity index (χ0n) is 16.2. The minimum absolute atomic E-state index is 0.134. The van der Waals surface area contributed by atoms with Crippen LogP contribution < -0.4 is 20.3 Å². The molecule has 27 heavy (non-hydrogen) atoms. The zero-order valence-corrected chi connectivity index (χ0v) is 16.2. The molecule has 0 saturated heterocycles. The smallest absolute Gasteiger partial charge is 0.298 e. The minimum Gasteiger partial charge on any atom is -0.485 e. The molecule has 0 radical (unpaired) electrons. The van der Waals surface area contributed by atoms with Crippen LogP contribution in [0, 0.1) is 0 Å². The maximum Gasteiger partial charge on any atom is 0.298 e. The van der Waals surface area contributed by atoms with E-state index in [0.717, 1.165) is 18.5 Å². The van der Waals surface area contributed by atoms with Gasteiger partial charge in [0, 0.05) is 18.1 Å². The number of rotatable bonds is 9. The molecule has 0 aliphatic heterocycles. The van der Waals surface area contributed by atoms with Gasteiger partial charge in [-0.05, 0) is 57.9 Å². The summed E-state index contributed by atoms with van der Waals surface area (Å²) in [5.41, 5.74) is 3.43. The number of carbonyl (C=O) groups is 1. The van der Waals surface area contributed by atoms with Crippen LogP contribution in [0.2, 0.25) is 0 Å². The number of aromatic amines is 1. The molecule has 144 valence electrons. The molecule has 6 nitrogen and oxygen atoms in total. The van der Waals surface area contributed by atoms with Crippen molar-refractivity contribution in [2.24, 2.45) is 0 Å². The molecule has 0 unspecified atom stereocenters. The van der Waals surface area contributed by atoms with Crippen LogP contribution in [0.15, 0.2) is 46.3 Å². The Balaban J connectivity index is 2.29. The van der Waals surface area contributed by atoms with Gasteiger partial charge in [-0.1, -0.05) is 17.2 Å². The summed E-state index contributed by atoms with van der Waals surface area (Å²) >= 11 is 0. The van der Waals surface area contributed by atoms with E-state index in [1.807, 2.05) is 25.1 Å². The molecule has 1 heterocycles. The van der Waals surface area contributed by atoms with E-state index < -0.39 is 5.56 Å². The molecule has 6 heteroatoms. The van der Waals surface area contributed by atoms with E-state index in [-0.39, 0.29) is 24.6 Å². The third-order valence-electron chi connectivity index (χ3n) is 4.13. The molecule has 0 fully saturated rings. The fourth-order valence-electron chi connectivity index (χ4n) is 2.66. The summed E-state index contributed by atoms with van der Waals surface area (Å²) in [4.78, 5) is 25.8. The number of carbonyl (C=O) groups excluding carboxylic acids is 1. The Morgan fingerprint density at radius 2 is 1.96 bits per heavy atom.